The minimum atomic E-state index is -3.58. The second kappa shape index (κ2) is 7.71. The summed E-state index contributed by atoms with van der Waals surface area (Å²) in [6.45, 7) is 1.21. The van der Waals surface area contributed by atoms with Crippen LogP contribution in [0.4, 0.5) is 10.1 Å². The van der Waals surface area contributed by atoms with Gasteiger partial charge in [0, 0.05) is 5.69 Å². The number of hydrogen-bond donors (Lipinski definition) is 2. The zero-order chi connectivity index (χ0) is 11.2. The van der Waals surface area contributed by atoms with E-state index in [0.29, 0.717) is 5.69 Å². The van der Waals surface area contributed by atoms with Crippen LogP contribution in [0.2, 0.25) is 0 Å². The molecule has 0 amide bonds. The SMILES string of the molecule is CCF.Nc1ccc(S(N)(=O)=O)cc1.[H-].[Li+]. The van der Waals surface area contributed by atoms with E-state index < -0.39 is 10.0 Å². The van der Waals surface area contributed by atoms with E-state index in [0.717, 1.165) is 0 Å². The summed E-state index contributed by atoms with van der Waals surface area (Å²) in [5, 5.41) is 4.84. The minimum absolute atomic E-state index is 0. The number of halogens is 1. The number of rotatable bonds is 1. The molecule has 1 aromatic rings. The van der Waals surface area contributed by atoms with Gasteiger partial charge in [0.25, 0.3) is 0 Å². The third-order valence-electron chi connectivity index (χ3n) is 1.21. The van der Waals surface area contributed by atoms with Gasteiger partial charge >= 0.3 is 18.9 Å². The number of sulfonamides is 1. The van der Waals surface area contributed by atoms with Crippen molar-refractivity contribution in [2.75, 3.05) is 12.4 Å². The Labute approximate surface area is 103 Å². The van der Waals surface area contributed by atoms with Gasteiger partial charge in [0.1, 0.15) is 0 Å². The summed E-state index contributed by atoms with van der Waals surface area (Å²) in [4.78, 5) is 0.0756. The van der Waals surface area contributed by atoms with E-state index in [9.17, 15) is 12.8 Å². The fourth-order valence-electron chi connectivity index (χ4n) is 0.658. The van der Waals surface area contributed by atoms with Crippen molar-refractivity contribution in [3.05, 3.63) is 24.3 Å². The molecule has 7 heteroatoms. The Balaban J connectivity index is -0.000000306. The molecule has 0 atom stereocenters. The molecule has 4 N–H and O–H groups in total. The maximum Gasteiger partial charge on any atom is 1.00 e. The van der Waals surface area contributed by atoms with Crippen molar-refractivity contribution in [2.24, 2.45) is 5.14 Å². The number of hydrogen-bond acceptors (Lipinski definition) is 3. The van der Waals surface area contributed by atoms with Crippen molar-refractivity contribution in [3.8, 4) is 0 Å². The molecule has 0 unspecified atom stereocenters. The largest absolute Gasteiger partial charge is 1.00 e. The van der Waals surface area contributed by atoms with Crippen molar-refractivity contribution in [1.29, 1.82) is 0 Å². The quantitative estimate of drug-likeness (QED) is 0.431. The normalized spacial score (nSPS) is 9.53. The van der Waals surface area contributed by atoms with Gasteiger partial charge < -0.3 is 7.16 Å². The summed E-state index contributed by atoms with van der Waals surface area (Å²) >= 11 is 0. The summed E-state index contributed by atoms with van der Waals surface area (Å²) in [7, 11) is -3.58. The van der Waals surface area contributed by atoms with Gasteiger partial charge in [-0.1, -0.05) is 0 Å². The van der Waals surface area contributed by atoms with Gasteiger partial charge in [-0.15, -0.1) is 0 Å². The standard InChI is InChI=1S/C6H8N2O2S.C2H5F.Li.H/c7-5-1-3-6(4-2-5)11(8,9)10;1-2-3;;/h1-4H,7H2,(H2,8,9,10);2H2,1H3;;/q;;+1;-1. The van der Waals surface area contributed by atoms with Gasteiger partial charge in [-0.2, -0.15) is 0 Å². The number of nitrogens with two attached hydrogens (primary N) is 2. The van der Waals surface area contributed by atoms with Crippen LogP contribution in [0.15, 0.2) is 29.2 Å². The molecule has 0 saturated heterocycles. The molecule has 0 aromatic heterocycles. The molecule has 0 aliphatic rings. The first-order valence-corrected chi connectivity index (χ1v) is 5.40. The van der Waals surface area contributed by atoms with Crippen LogP contribution in [0.25, 0.3) is 0 Å². The average molecular weight is 228 g/mol. The van der Waals surface area contributed by atoms with Crippen molar-refractivity contribution in [1.82, 2.24) is 0 Å². The molecular formula is C8H14FLiN2O2S. The van der Waals surface area contributed by atoms with E-state index >= 15 is 0 Å². The Morgan fingerprint density at radius 1 is 1.33 bits per heavy atom. The van der Waals surface area contributed by atoms with Gasteiger partial charge in [0.15, 0.2) is 0 Å². The first-order chi connectivity index (χ1) is 6.41. The third-order valence-corrected chi connectivity index (χ3v) is 2.14. The molecule has 0 aliphatic carbocycles. The van der Waals surface area contributed by atoms with E-state index in [1.165, 1.54) is 31.2 Å². The zero-order valence-electron chi connectivity index (χ0n) is 9.77. The number of alkyl halides is 1. The maximum absolute atomic E-state index is 10.7. The summed E-state index contributed by atoms with van der Waals surface area (Å²) in [5.41, 5.74) is 5.85. The summed E-state index contributed by atoms with van der Waals surface area (Å²) in [6, 6.07) is 5.70. The molecule has 15 heavy (non-hydrogen) atoms. The smallest absolute Gasteiger partial charge is 1.00 e. The van der Waals surface area contributed by atoms with Gasteiger partial charge in [-0.3, -0.25) is 4.39 Å². The fraction of sp³-hybridized carbons (Fsp3) is 0.250. The molecule has 0 bridgehead atoms. The van der Waals surface area contributed by atoms with E-state index in [2.05, 4.69) is 0 Å². The van der Waals surface area contributed by atoms with E-state index in [1.54, 1.807) is 0 Å². The molecule has 0 saturated carbocycles. The van der Waals surface area contributed by atoms with E-state index in [1.807, 2.05) is 0 Å². The van der Waals surface area contributed by atoms with Gasteiger partial charge in [0.05, 0.1) is 11.6 Å². The molecule has 0 heterocycles. The summed E-state index contributed by atoms with van der Waals surface area (Å²) in [6.07, 6.45) is 0. The van der Waals surface area contributed by atoms with Gasteiger partial charge in [-0.05, 0) is 31.2 Å². The van der Waals surface area contributed by atoms with Crippen LogP contribution in [0.1, 0.15) is 8.35 Å². The van der Waals surface area contributed by atoms with Crippen molar-refractivity contribution < 1.29 is 33.1 Å². The van der Waals surface area contributed by atoms with E-state index in [-0.39, 0.29) is 31.9 Å². The Hall–Kier alpha value is -0.543. The molecular weight excluding hydrogens is 214 g/mol. The van der Waals surface area contributed by atoms with Crippen LogP contribution in [0, 0.1) is 0 Å². The Kier molecular flexibility index (Phi) is 8.67. The molecule has 0 spiro atoms. The topological polar surface area (TPSA) is 86.2 Å². The molecule has 82 valence electrons. The molecule has 1 rings (SSSR count). The van der Waals surface area contributed by atoms with Crippen LogP contribution in [0.5, 0.6) is 0 Å². The Morgan fingerprint density at radius 2 is 1.67 bits per heavy atom. The zero-order valence-corrected chi connectivity index (χ0v) is 9.59. The van der Waals surface area contributed by atoms with Gasteiger partial charge in [0.2, 0.25) is 10.0 Å². The number of primary sulfonamides is 1. The molecule has 0 fully saturated rings. The molecule has 0 aliphatic heterocycles. The number of benzene rings is 1. The third kappa shape index (κ3) is 7.39. The van der Waals surface area contributed by atoms with E-state index in [4.69, 9.17) is 10.9 Å². The monoisotopic (exact) mass is 228 g/mol. The second-order valence-electron chi connectivity index (χ2n) is 2.38. The predicted molar refractivity (Wildman–Crippen MR) is 55.0 cm³/mol. The van der Waals surface area contributed by atoms with Crippen LogP contribution in [0.3, 0.4) is 0 Å². The summed E-state index contributed by atoms with van der Waals surface area (Å²) in [5.74, 6) is 0. The molecule has 0 radical (unpaired) electrons. The second-order valence-corrected chi connectivity index (χ2v) is 3.94. The van der Waals surface area contributed by atoms with Crippen LogP contribution in [-0.4, -0.2) is 15.1 Å². The van der Waals surface area contributed by atoms with Crippen LogP contribution in [-0.2, 0) is 10.0 Å². The summed E-state index contributed by atoms with van der Waals surface area (Å²) < 4.78 is 31.7. The number of nitrogen functional groups attached to an aromatic ring is 1. The molecule has 4 nitrogen and oxygen atoms in total. The Morgan fingerprint density at radius 3 is 1.93 bits per heavy atom. The average Bonchev–Trinajstić information content (AvgIpc) is 2.04. The van der Waals surface area contributed by atoms with Crippen molar-refractivity contribution in [2.45, 2.75) is 11.8 Å². The maximum atomic E-state index is 10.7. The van der Waals surface area contributed by atoms with Gasteiger partial charge in [-0.25, -0.2) is 13.6 Å². The number of anilines is 1. The minimum Gasteiger partial charge on any atom is -1.00 e. The first-order valence-electron chi connectivity index (χ1n) is 3.86. The first kappa shape index (κ1) is 16.9. The Bertz CT molecular complexity index is 372. The van der Waals surface area contributed by atoms with Crippen LogP contribution >= 0.6 is 0 Å². The van der Waals surface area contributed by atoms with Crippen molar-refractivity contribution >= 4 is 15.7 Å². The van der Waals surface area contributed by atoms with Crippen molar-refractivity contribution in [3.63, 3.8) is 0 Å². The molecule has 1 aromatic carbocycles. The van der Waals surface area contributed by atoms with Crippen LogP contribution < -0.4 is 29.7 Å². The predicted octanol–water partition coefficient (Wildman–Crippen LogP) is -1.99. The fourth-order valence-corrected chi connectivity index (χ4v) is 1.17.